The second-order valence-electron chi connectivity index (χ2n) is 5.64. The van der Waals surface area contributed by atoms with E-state index in [9.17, 15) is 9.59 Å². The van der Waals surface area contributed by atoms with E-state index in [-0.39, 0.29) is 5.91 Å². The van der Waals surface area contributed by atoms with Crippen molar-refractivity contribution < 1.29 is 9.59 Å². The first-order valence-corrected chi connectivity index (χ1v) is 7.77. The largest absolute Gasteiger partial charge is 0.368 e. The first kappa shape index (κ1) is 15.7. The van der Waals surface area contributed by atoms with Gasteiger partial charge in [0.1, 0.15) is 6.04 Å². The van der Waals surface area contributed by atoms with Crippen LogP contribution in [-0.2, 0) is 11.2 Å². The van der Waals surface area contributed by atoms with E-state index in [2.05, 4.69) is 5.32 Å². The number of rotatable bonds is 5. The zero-order valence-corrected chi connectivity index (χ0v) is 13.1. The minimum Gasteiger partial charge on any atom is -0.368 e. The van der Waals surface area contributed by atoms with Crippen LogP contribution < -0.4 is 11.1 Å². The maximum absolute atomic E-state index is 12.6. The van der Waals surface area contributed by atoms with E-state index in [1.807, 2.05) is 66.7 Å². The Bertz CT molecular complexity index is 870. The Balaban J connectivity index is 1.84. The van der Waals surface area contributed by atoms with Gasteiger partial charge in [0.05, 0.1) is 0 Å². The molecule has 0 heterocycles. The van der Waals surface area contributed by atoms with Crippen LogP contribution in [0.15, 0.2) is 72.8 Å². The quantitative estimate of drug-likeness (QED) is 0.759. The second-order valence-corrected chi connectivity index (χ2v) is 5.64. The SMILES string of the molecule is NC(=O)[C@H](Cc1ccccc1)NC(=O)c1cccc2ccccc12. The van der Waals surface area contributed by atoms with Gasteiger partial charge in [-0.25, -0.2) is 0 Å². The Morgan fingerprint density at radius 1 is 0.875 bits per heavy atom. The van der Waals surface area contributed by atoms with Gasteiger partial charge in [-0.3, -0.25) is 9.59 Å². The second kappa shape index (κ2) is 6.96. The van der Waals surface area contributed by atoms with E-state index in [1.165, 1.54) is 0 Å². The summed E-state index contributed by atoms with van der Waals surface area (Å²) >= 11 is 0. The maximum atomic E-state index is 12.6. The Morgan fingerprint density at radius 3 is 2.29 bits per heavy atom. The molecule has 24 heavy (non-hydrogen) atoms. The number of hydrogen-bond acceptors (Lipinski definition) is 2. The van der Waals surface area contributed by atoms with Gasteiger partial charge in [0, 0.05) is 12.0 Å². The Kier molecular flexibility index (Phi) is 4.57. The lowest BCUT2D eigenvalue weighted by Gasteiger charge is -2.16. The van der Waals surface area contributed by atoms with E-state index in [4.69, 9.17) is 5.73 Å². The molecule has 2 amide bonds. The number of nitrogens with one attached hydrogen (secondary N) is 1. The van der Waals surface area contributed by atoms with Crippen LogP contribution in [0.25, 0.3) is 10.8 Å². The molecule has 0 aliphatic carbocycles. The molecule has 0 fully saturated rings. The minimum atomic E-state index is -0.751. The molecule has 3 N–H and O–H groups in total. The molecule has 3 aromatic rings. The first-order valence-electron chi connectivity index (χ1n) is 7.77. The lowest BCUT2D eigenvalue weighted by molar-refractivity contribution is -0.119. The Hall–Kier alpha value is -3.14. The van der Waals surface area contributed by atoms with Gasteiger partial charge < -0.3 is 11.1 Å². The number of carbonyl (C=O) groups excluding carboxylic acids is 2. The van der Waals surface area contributed by atoms with Crippen molar-refractivity contribution in [2.45, 2.75) is 12.5 Å². The zero-order valence-electron chi connectivity index (χ0n) is 13.1. The standard InChI is InChI=1S/C20H18N2O2/c21-19(23)18(13-14-7-2-1-3-8-14)22-20(24)17-12-6-10-15-9-4-5-11-16(15)17/h1-12,18H,13H2,(H2,21,23)(H,22,24)/t18-/m0/s1. The molecule has 1 atom stereocenters. The van der Waals surface area contributed by atoms with Crippen LogP contribution in [0.4, 0.5) is 0 Å². The van der Waals surface area contributed by atoms with Gasteiger partial charge in [0.15, 0.2) is 0 Å². The van der Waals surface area contributed by atoms with Crippen LogP contribution in [0.1, 0.15) is 15.9 Å². The van der Waals surface area contributed by atoms with Crippen LogP contribution in [0, 0.1) is 0 Å². The summed E-state index contributed by atoms with van der Waals surface area (Å²) in [5.41, 5.74) is 6.95. The molecule has 0 radical (unpaired) electrons. The highest BCUT2D eigenvalue weighted by Gasteiger charge is 2.20. The third kappa shape index (κ3) is 3.43. The van der Waals surface area contributed by atoms with Gasteiger partial charge in [-0.05, 0) is 22.4 Å². The lowest BCUT2D eigenvalue weighted by Crippen LogP contribution is -2.45. The van der Waals surface area contributed by atoms with Gasteiger partial charge in [-0.2, -0.15) is 0 Å². The van der Waals surface area contributed by atoms with Crippen molar-refractivity contribution in [3.05, 3.63) is 83.9 Å². The van der Waals surface area contributed by atoms with Crippen molar-refractivity contribution in [1.29, 1.82) is 0 Å². The fourth-order valence-electron chi connectivity index (χ4n) is 2.73. The lowest BCUT2D eigenvalue weighted by atomic mass is 10.0. The van der Waals surface area contributed by atoms with Crippen LogP contribution in [0.2, 0.25) is 0 Å². The maximum Gasteiger partial charge on any atom is 0.252 e. The molecule has 0 aliphatic heterocycles. The van der Waals surface area contributed by atoms with Crippen LogP contribution in [0.5, 0.6) is 0 Å². The summed E-state index contributed by atoms with van der Waals surface area (Å²) in [5.74, 6) is -0.848. The summed E-state index contributed by atoms with van der Waals surface area (Å²) in [7, 11) is 0. The summed E-state index contributed by atoms with van der Waals surface area (Å²) in [4.78, 5) is 24.4. The number of amides is 2. The summed E-state index contributed by atoms with van der Waals surface area (Å²) in [6, 6.07) is 21.9. The van der Waals surface area contributed by atoms with Gasteiger partial charge >= 0.3 is 0 Å². The smallest absolute Gasteiger partial charge is 0.252 e. The van der Waals surface area contributed by atoms with E-state index < -0.39 is 11.9 Å². The summed E-state index contributed by atoms with van der Waals surface area (Å²) in [6.45, 7) is 0. The molecular formula is C20H18N2O2. The van der Waals surface area contributed by atoms with E-state index in [0.29, 0.717) is 12.0 Å². The van der Waals surface area contributed by atoms with Crippen LogP contribution in [0.3, 0.4) is 0 Å². The third-order valence-electron chi connectivity index (χ3n) is 3.97. The van der Waals surface area contributed by atoms with E-state index in [0.717, 1.165) is 16.3 Å². The molecule has 3 aromatic carbocycles. The molecule has 0 spiro atoms. The molecular weight excluding hydrogens is 300 g/mol. The predicted octanol–water partition coefficient (Wildman–Crippen LogP) is 2.67. The van der Waals surface area contributed by atoms with Crippen molar-refractivity contribution in [2.24, 2.45) is 5.73 Å². The van der Waals surface area contributed by atoms with Crippen LogP contribution in [-0.4, -0.2) is 17.9 Å². The molecule has 3 rings (SSSR count). The molecule has 120 valence electrons. The number of nitrogens with two attached hydrogens (primary N) is 1. The molecule has 4 heteroatoms. The first-order chi connectivity index (χ1) is 11.6. The summed E-state index contributed by atoms with van der Waals surface area (Å²) in [5, 5.41) is 4.58. The third-order valence-corrected chi connectivity index (χ3v) is 3.97. The molecule has 0 aliphatic rings. The average Bonchev–Trinajstić information content (AvgIpc) is 2.61. The van der Waals surface area contributed by atoms with Gasteiger partial charge in [-0.1, -0.05) is 66.7 Å². The van der Waals surface area contributed by atoms with E-state index >= 15 is 0 Å². The Labute approximate surface area is 140 Å². The number of hydrogen-bond donors (Lipinski definition) is 2. The normalized spacial score (nSPS) is 11.8. The average molecular weight is 318 g/mol. The monoisotopic (exact) mass is 318 g/mol. The summed E-state index contributed by atoms with van der Waals surface area (Å²) in [6.07, 6.45) is 0.368. The highest BCUT2D eigenvalue weighted by Crippen LogP contribution is 2.18. The molecule has 0 aromatic heterocycles. The van der Waals surface area contributed by atoms with Crippen molar-refractivity contribution in [2.75, 3.05) is 0 Å². The highest BCUT2D eigenvalue weighted by molar-refractivity contribution is 6.08. The number of benzene rings is 3. The molecule has 0 bridgehead atoms. The minimum absolute atomic E-state index is 0.300. The molecule has 0 saturated heterocycles. The zero-order chi connectivity index (χ0) is 16.9. The number of primary amides is 1. The van der Waals surface area contributed by atoms with Crippen molar-refractivity contribution >= 4 is 22.6 Å². The fraction of sp³-hybridized carbons (Fsp3) is 0.100. The number of fused-ring (bicyclic) bond motifs is 1. The van der Waals surface area contributed by atoms with E-state index in [1.54, 1.807) is 6.07 Å². The molecule has 0 unspecified atom stereocenters. The topological polar surface area (TPSA) is 72.2 Å². The predicted molar refractivity (Wildman–Crippen MR) is 94.5 cm³/mol. The fourth-order valence-corrected chi connectivity index (χ4v) is 2.73. The Morgan fingerprint density at radius 2 is 1.54 bits per heavy atom. The number of carbonyl (C=O) groups is 2. The van der Waals surface area contributed by atoms with Crippen molar-refractivity contribution in [1.82, 2.24) is 5.32 Å². The molecule has 0 saturated carbocycles. The van der Waals surface area contributed by atoms with Crippen molar-refractivity contribution in [3.63, 3.8) is 0 Å². The summed E-state index contributed by atoms with van der Waals surface area (Å²) < 4.78 is 0. The molecule has 4 nitrogen and oxygen atoms in total. The van der Waals surface area contributed by atoms with Gasteiger partial charge in [0.25, 0.3) is 5.91 Å². The van der Waals surface area contributed by atoms with Gasteiger partial charge in [0.2, 0.25) is 5.91 Å². The van der Waals surface area contributed by atoms with Gasteiger partial charge in [-0.15, -0.1) is 0 Å². The van der Waals surface area contributed by atoms with Crippen LogP contribution >= 0.6 is 0 Å². The van der Waals surface area contributed by atoms with Crippen molar-refractivity contribution in [3.8, 4) is 0 Å². The highest BCUT2D eigenvalue weighted by atomic mass is 16.2.